The molecule has 1 aromatic carbocycles. The van der Waals surface area contributed by atoms with Crippen LogP contribution in [0.3, 0.4) is 0 Å². The van der Waals surface area contributed by atoms with Gasteiger partial charge in [0, 0.05) is 11.9 Å². The lowest BCUT2D eigenvalue weighted by Gasteiger charge is -2.09. The third-order valence-electron chi connectivity index (χ3n) is 2.32. The molecule has 0 spiro atoms. The van der Waals surface area contributed by atoms with E-state index < -0.39 is 17.6 Å². The zero-order chi connectivity index (χ0) is 16.5. The molecule has 0 radical (unpaired) electrons. The van der Waals surface area contributed by atoms with Crippen LogP contribution >= 0.6 is 0 Å². The van der Waals surface area contributed by atoms with Crippen molar-refractivity contribution < 1.29 is 17.6 Å². The molecule has 21 heavy (non-hydrogen) atoms. The fourth-order valence-electron chi connectivity index (χ4n) is 1.35. The van der Waals surface area contributed by atoms with Crippen LogP contribution in [-0.4, -0.2) is 4.98 Å². The van der Waals surface area contributed by atoms with Crippen molar-refractivity contribution in [3.05, 3.63) is 65.2 Å². The summed E-state index contributed by atoms with van der Waals surface area (Å²) in [4.78, 5) is 3.98. The highest BCUT2D eigenvalue weighted by atomic mass is 19.4. The zero-order valence-electron chi connectivity index (χ0n) is 12.5. The Morgan fingerprint density at radius 3 is 1.90 bits per heavy atom. The van der Waals surface area contributed by atoms with Crippen molar-refractivity contribution in [1.82, 2.24) is 4.98 Å². The molecule has 0 saturated carbocycles. The number of aryl methyl sites for hydroxylation is 2. The molecular formula is C16H19F4N. The molecule has 2 aromatic rings. The average molecular weight is 301 g/mol. The quantitative estimate of drug-likeness (QED) is 0.580. The average Bonchev–Trinajstić information content (AvgIpc) is 2.44. The molecule has 2 rings (SSSR count). The molecule has 1 heterocycles. The molecule has 5 heteroatoms. The highest BCUT2D eigenvalue weighted by Crippen LogP contribution is 2.31. The van der Waals surface area contributed by atoms with Crippen LogP contribution in [0.25, 0.3) is 0 Å². The minimum atomic E-state index is -4.47. The lowest BCUT2D eigenvalue weighted by Crippen LogP contribution is -2.07. The van der Waals surface area contributed by atoms with Crippen molar-refractivity contribution in [3.63, 3.8) is 0 Å². The van der Waals surface area contributed by atoms with Crippen molar-refractivity contribution in [3.8, 4) is 0 Å². The predicted octanol–water partition coefficient (Wildman–Crippen LogP) is 5.57. The van der Waals surface area contributed by atoms with Gasteiger partial charge in [0.05, 0.1) is 5.56 Å². The van der Waals surface area contributed by atoms with E-state index in [9.17, 15) is 17.6 Å². The van der Waals surface area contributed by atoms with Crippen molar-refractivity contribution in [2.75, 3.05) is 0 Å². The van der Waals surface area contributed by atoms with Crippen LogP contribution in [0.4, 0.5) is 17.6 Å². The molecule has 0 aliphatic carbocycles. The number of aromatic nitrogens is 1. The van der Waals surface area contributed by atoms with Gasteiger partial charge in [0.15, 0.2) is 0 Å². The number of alkyl halides is 3. The third kappa shape index (κ3) is 7.44. The standard InChI is InChI=1S/C8H6F4.C6H7N.C2H6/c1-5-2-3-6(9)4-7(5)8(10,11)12;1-6-4-2-3-5-7-6;1-2/h2-4H,1H3;2-5H,1H3;1-2H3. The molecule has 1 nitrogen and oxygen atoms in total. The van der Waals surface area contributed by atoms with Crippen molar-refractivity contribution in [1.29, 1.82) is 0 Å². The van der Waals surface area contributed by atoms with Gasteiger partial charge in [0.2, 0.25) is 0 Å². The SMILES string of the molecule is CC.Cc1ccc(F)cc1C(F)(F)F.Cc1ccccn1. The maximum atomic E-state index is 12.4. The molecule has 0 fully saturated rings. The maximum Gasteiger partial charge on any atom is 0.416 e. The number of hydrogen-bond acceptors (Lipinski definition) is 1. The Morgan fingerprint density at radius 2 is 1.57 bits per heavy atom. The van der Waals surface area contributed by atoms with Gasteiger partial charge in [-0.15, -0.1) is 0 Å². The van der Waals surface area contributed by atoms with Crippen LogP contribution in [0, 0.1) is 19.7 Å². The Bertz CT molecular complexity index is 522. The third-order valence-corrected chi connectivity index (χ3v) is 2.32. The monoisotopic (exact) mass is 301 g/mol. The van der Waals surface area contributed by atoms with E-state index in [0.717, 1.165) is 17.8 Å². The highest BCUT2D eigenvalue weighted by Gasteiger charge is 2.32. The second kappa shape index (κ2) is 9.10. The second-order valence-electron chi connectivity index (χ2n) is 3.93. The summed E-state index contributed by atoms with van der Waals surface area (Å²) < 4.78 is 48.6. The Labute approximate surface area is 122 Å². The van der Waals surface area contributed by atoms with Gasteiger partial charge < -0.3 is 0 Å². The van der Waals surface area contributed by atoms with E-state index in [1.807, 2.05) is 39.0 Å². The first-order chi connectivity index (χ1) is 9.80. The molecule has 116 valence electrons. The topological polar surface area (TPSA) is 12.9 Å². The van der Waals surface area contributed by atoms with Gasteiger partial charge in [-0.1, -0.05) is 26.0 Å². The van der Waals surface area contributed by atoms with E-state index in [4.69, 9.17) is 0 Å². The first kappa shape index (κ1) is 19.1. The van der Waals surface area contributed by atoms with Crippen LogP contribution in [0.15, 0.2) is 42.6 Å². The van der Waals surface area contributed by atoms with E-state index in [1.54, 1.807) is 6.20 Å². The van der Waals surface area contributed by atoms with Crippen LogP contribution in [-0.2, 0) is 6.18 Å². The van der Waals surface area contributed by atoms with Crippen LogP contribution in [0.1, 0.15) is 30.7 Å². The smallest absolute Gasteiger partial charge is 0.262 e. The molecule has 0 N–H and O–H groups in total. The van der Waals surface area contributed by atoms with E-state index >= 15 is 0 Å². The number of pyridine rings is 1. The maximum absolute atomic E-state index is 12.4. The lowest BCUT2D eigenvalue weighted by atomic mass is 10.1. The van der Waals surface area contributed by atoms with E-state index in [-0.39, 0.29) is 5.56 Å². The number of benzene rings is 1. The second-order valence-corrected chi connectivity index (χ2v) is 3.93. The lowest BCUT2D eigenvalue weighted by molar-refractivity contribution is -0.138. The first-order valence-corrected chi connectivity index (χ1v) is 6.51. The highest BCUT2D eigenvalue weighted by molar-refractivity contribution is 5.28. The Kier molecular flexibility index (Phi) is 8.28. The van der Waals surface area contributed by atoms with E-state index in [0.29, 0.717) is 6.07 Å². The number of nitrogens with zero attached hydrogens (tertiary/aromatic N) is 1. The minimum absolute atomic E-state index is 0.0314. The first-order valence-electron chi connectivity index (χ1n) is 6.51. The molecule has 0 bridgehead atoms. The summed E-state index contributed by atoms with van der Waals surface area (Å²) in [6, 6.07) is 8.47. The van der Waals surface area contributed by atoms with Gasteiger partial charge in [-0.25, -0.2) is 4.39 Å². The van der Waals surface area contributed by atoms with Crippen molar-refractivity contribution in [2.24, 2.45) is 0 Å². The normalized spacial score (nSPS) is 9.90. The fourth-order valence-corrected chi connectivity index (χ4v) is 1.35. The van der Waals surface area contributed by atoms with Gasteiger partial charge in [-0.2, -0.15) is 13.2 Å². The fraction of sp³-hybridized carbons (Fsp3) is 0.312. The molecule has 0 aliphatic heterocycles. The summed E-state index contributed by atoms with van der Waals surface area (Å²) in [7, 11) is 0. The molecule has 1 aromatic heterocycles. The summed E-state index contributed by atoms with van der Waals surface area (Å²) in [5.41, 5.74) is 0.189. The van der Waals surface area contributed by atoms with Crippen LogP contribution in [0.5, 0.6) is 0 Å². The minimum Gasteiger partial charge on any atom is -0.262 e. The number of hydrogen-bond donors (Lipinski definition) is 0. The van der Waals surface area contributed by atoms with Crippen LogP contribution < -0.4 is 0 Å². The number of rotatable bonds is 0. The zero-order valence-corrected chi connectivity index (χ0v) is 12.5. The van der Waals surface area contributed by atoms with Crippen molar-refractivity contribution in [2.45, 2.75) is 33.9 Å². The van der Waals surface area contributed by atoms with E-state index in [2.05, 4.69) is 4.98 Å². The number of halogens is 4. The summed E-state index contributed by atoms with van der Waals surface area (Å²) in [6.45, 7) is 7.27. The summed E-state index contributed by atoms with van der Waals surface area (Å²) in [5.74, 6) is -0.868. The Hall–Kier alpha value is -1.91. The van der Waals surface area contributed by atoms with Gasteiger partial charge in [-0.05, 0) is 43.7 Å². The van der Waals surface area contributed by atoms with Crippen LogP contribution in [0.2, 0.25) is 0 Å². The molecular weight excluding hydrogens is 282 g/mol. The summed E-state index contributed by atoms with van der Waals surface area (Å²) in [6.07, 6.45) is -2.68. The summed E-state index contributed by atoms with van der Waals surface area (Å²) >= 11 is 0. The molecule has 0 unspecified atom stereocenters. The predicted molar refractivity (Wildman–Crippen MR) is 76.5 cm³/mol. The Morgan fingerprint density at radius 1 is 0.952 bits per heavy atom. The molecule has 0 atom stereocenters. The summed E-state index contributed by atoms with van der Waals surface area (Å²) in [5, 5.41) is 0. The van der Waals surface area contributed by atoms with Gasteiger partial charge in [0.25, 0.3) is 0 Å². The van der Waals surface area contributed by atoms with Gasteiger partial charge in [0.1, 0.15) is 5.82 Å². The van der Waals surface area contributed by atoms with Crippen molar-refractivity contribution >= 4 is 0 Å². The van der Waals surface area contributed by atoms with E-state index in [1.165, 1.54) is 6.92 Å². The van der Waals surface area contributed by atoms with Gasteiger partial charge >= 0.3 is 6.18 Å². The largest absolute Gasteiger partial charge is 0.416 e. The molecule has 0 amide bonds. The molecule has 0 saturated heterocycles. The molecule has 0 aliphatic rings. The Balaban J connectivity index is 0.000000377. The van der Waals surface area contributed by atoms with Gasteiger partial charge in [-0.3, -0.25) is 4.98 Å².